The first-order chi connectivity index (χ1) is 27.8. The molecule has 0 fully saturated rings. The van der Waals surface area contributed by atoms with E-state index in [4.69, 9.17) is 4.98 Å². The predicted octanol–water partition coefficient (Wildman–Crippen LogP) is 12.9. The minimum atomic E-state index is 0.925. The molecule has 0 amide bonds. The van der Waals surface area contributed by atoms with Gasteiger partial charge in [-0.1, -0.05) is 78.9 Å². The molecule has 5 heteroatoms. The molecule has 0 bridgehead atoms. The first-order valence-electron chi connectivity index (χ1n) is 19.2. The van der Waals surface area contributed by atoms with E-state index in [9.17, 15) is 0 Å². The van der Waals surface area contributed by atoms with E-state index in [1.165, 1.54) is 32.9 Å². The Morgan fingerprint density at radius 2 is 1.05 bits per heavy atom. The molecule has 1 aliphatic rings. The molecule has 0 saturated carbocycles. The quantitative estimate of drug-likeness (QED) is 0.172. The average Bonchev–Trinajstić information content (AvgIpc) is 3.79. The Hall–Kier alpha value is -7.37. The highest BCUT2D eigenvalue weighted by Gasteiger charge is 2.18. The van der Waals surface area contributed by atoms with E-state index in [2.05, 4.69) is 165 Å². The molecule has 5 heterocycles. The van der Waals surface area contributed by atoms with Crippen molar-refractivity contribution < 1.29 is 0 Å². The summed E-state index contributed by atoms with van der Waals surface area (Å²) in [4.78, 5) is 14.6. The third kappa shape index (κ3) is 5.36. The van der Waals surface area contributed by atoms with Gasteiger partial charge in [0, 0.05) is 68.2 Å². The van der Waals surface area contributed by atoms with E-state index in [0.717, 1.165) is 79.8 Å². The number of hydrogen-bond donors (Lipinski definition) is 0. The molecule has 0 saturated heterocycles. The zero-order chi connectivity index (χ0) is 37.0. The van der Waals surface area contributed by atoms with E-state index in [0.29, 0.717) is 0 Å². The highest BCUT2D eigenvalue weighted by atomic mass is 15.0. The third-order valence-electron chi connectivity index (χ3n) is 11.0. The van der Waals surface area contributed by atoms with Gasteiger partial charge in [-0.3, -0.25) is 14.5 Å². The van der Waals surface area contributed by atoms with Crippen LogP contribution in [0.15, 0.2) is 188 Å². The molecule has 0 atom stereocenters. The van der Waals surface area contributed by atoms with Gasteiger partial charge in [-0.25, -0.2) is 4.98 Å². The first-order valence-corrected chi connectivity index (χ1v) is 19.2. The summed E-state index contributed by atoms with van der Waals surface area (Å²) in [7, 11) is 0. The fraction of sp³-hybridized carbons (Fsp3) is 0.0392. The Morgan fingerprint density at radius 3 is 1.77 bits per heavy atom. The molecule has 0 aliphatic heterocycles. The number of nitrogens with zero attached hydrogens (tertiary/aromatic N) is 5. The third-order valence-corrected chi connectivity index (χ3v) is 11.0. The molecule has 56 heavy (non-hydrogen) atoms. The van der Waals surface area contributed by atoms with Crippen molar-refractivity contribution in [1.29, 1.82) is 0 Å². The largest absolute Gasteiger partial charge is 0.310 e. The van der Waals surface area contributed by atoms with Gasteiger partial charge in [0.25, 0.3) is 0 Å². The van der Waals surface area contributed by atoms with Crippen molar-refractivity contribution in [2.75, 3.05) is 0 Å². The van der Waals surface area contributed by atoms with Crippen molar-refractivity contribution in [3.63, 3.8) is 0 Å². The average molecular weight is 718 g/mol. The summed E-state index contributed by atoms with van der Waals surface area (Å²) in [5.41, 5.74) is 15.2. The number of pyridine rings is 3. The Kier molecular flexibility index (Phi) is 7.56. The van der Waals surface area contributed by atoms with Gasteiger partial charge in [-0.05, 0) is 121 Å². The number of benzene rings is 5. The summed E-state index contributed by atoms with van der Waals surface area (Å²) in [6.45, 7) is 0. The second kappa shape index (κ2) is 13.2. The molecule has 5 aromatic carbocycles. The smallest absolute Gasteiger partial charge is 0.145 e. The lowest BCUT2D eigenvalue weighted by Gasteiger charge is -2.13. The molecule has 0 N–H and O–H groups in total. The minimum Gasteiger partial charge on any atom is -0.310 e. The van der Waals surface area contributed by atoms with Crippen LogP contribution in [0.2, 0.25) is 0 Å². The topological polar surface area (TPSA) is 48.5 Å². The number of para-hydroxylation sites is 2. The Bertz CT molecular complexity index is 3130. The van der Waals surface area contributed by atoms with Gasteiger partial charge in [0.05, 0.1) is 27.9 Å². The molecule has 0 unspecified atom stereocenters. The van der Waals surface area contributed by atoms with Crippen molar-refractivity contribution in [2.24, 2.45) is 0 Å². The lowest BCUT2D eigenvalue weighted by atomic mass is 9.96. The summed E-state index contributed by atoms with van der Waals surface area (Å²) < 4.78 is 4.70. The highest BCUT2D eigenvalue weighted by Crippen LogP contribution is 2.39. The van der Waals surface area contributed by atoms with Crippen LogP contribution in [0.5, 0.6) is 0 Å². The Morgan fingerprint density at radius 1 is 0.411 bits per heavy atom. The monoisotopic (exact) mass is 717 g/mol. The van der Waals surface area contributed by atoms with Crippen LogP contribution in [0.3, 0.4) is 0 Å². The standard InChI is InChI=1S/C51H35N5/c1-2-14-40(15-3-1)55-48-21-6-4-17-42(48)44-31-35(23-24-50(44)55)39-32-45-43-18-5-7-22-49(43)56(51(45)54-33-39)41-16-12-13-34(30-41)36-27-37(46-19-8-10-25-52-46)29-38(28-36)47-20-9-11-26-53-47/h2,4-33H,1,3H2. The molecule has 0 radical (unpaired) electrons. The van der Waals surface area contributed by atoms with E-state index < -0.39 is 0 Å². The first kappa shape index (κ1) is 32.1. The van der Waals surface area contributed by atoms with Crippen molar-refractivity contribution in [3.05, 3.63) is 188 Å². The molecular formula is C51H35N5. The number of fused-ring (bicyclic) bond motifs is 6. The van der Waals surface area contributed by atoms with Crippen molar-refractivity contribution in [2.45, 2.75) is 12.8 Å². The predicted molar refractivity (Wildman–Crippen MR) is 232 cm³/mol. The fourth-order valence-corrected chi connectivity index (χ4v) is 8.44. The zero-order valence-electron chi connectivity index (χ0n) is 30.5. The molecule has 10 aromatic rings. The number of allylic oxidation sites excluding steroid dienone is 4. The summed E-state index contributed by atoms with van der Waals surface area (Å²) in [6.07, 6.45) is 14.8. The van der Waals surface area contributed by atoms with E-state index in [1.54, 1.807) is 0 Å². The van der Waals surface area contributed by atoms with Crippen LogP contribution >= 0.6 is 0 Å². The molecule has 0 spiro atoms. The second-order valence-electron chi connectivity index (χ2n) is 14.4. The van der Waals surface area contributed by atoms with Gasteiger partial charge in [-0.15, -0.1) is 0 Å². The number of aromatic nitrogens is 5. The Balaban J connectivity index is 1.04. The molecule has 264 valence electrons. The molecule has 1 aliphatic carbocycles. The van der Waals surface area contributed by atoms with Crippen LogP contribution in [-0.2, 0) is 0 Å². The molecule has 5 nitrogen and oxygen atoms in total. The number of hydrogen-bond acceptors (Lipinski definition) is 3. The lowest BCUT2D eigenvalue weighted by Crippen LogP contribution is -1.97. The lowest BCUT2D eigenvalue weighted by molar-refractivity contribution is 1.02. The maximum Gasteiger partial charge on any atom is 0.145 e. The van der Waals surface area contributed by atoms with Gasteiger partial charge >= 0.3 is 0 Å². The van der Waals surface area contributed by atoms with Crippen LogP contribution in [-0.4, -0.2) is 24.1 Å². The van der Waals surface area contributed by atoms with Crippen LogP contribution < -0.4 is 0 Å². The van der Waals surface area contributed by atoms with Gasteiger partial charge in [0.2, 0.25) is 0 Å². The summed E-state index contributed by atoms with van der Waals surface area (Å²) in [5.74, 6) is 0. The Labute approximate surface area is 324 Å². The minimum absolute atomic E-state index is 0.925. The van der Waals surface area contributed by atoms with E-state index in [1.807, 2.05) is 42.9 Å². The van der Waals surface area contributed by atoms with Crippen molar-refractivity contribution in [1.82, 2.24) is 24.1 Å². The van der Waals surface area contributed by atoms with Gasteiger partial charge in [0.15, 0.2) is 0 Å². The number of rotatable bonds is 6. The summed E-state index contributed by atoms with van der Waals surface area (Å²) in [6, 6.07) is 54.0. The summed E-state index contributed by atoms with van der Waals surface area (Å²) in [5, 5.41) is 4.80. The normalized spacial score (nSPS) is 12.9. The van der Waals surface area contributed by atoms with E-state index >= 15 is 0 Å². The molecular weight excluding hydrogens is 683 g/mol. The van der Waals surface area contributed by atoms with Gasteiger partial charge in [0.1, 0.15) is 5.65 Å². The van der Waals surface area contributed by atoms with Crippen LogP contribution in [0.4, 0.5) is 0 Å². The maximum atomic E-state index is 5.23. The molecule has 11 rings (SSSR count). The van der Waals surface area contributed by atoms with E-state index in [-0.39, 0.29) is 0 Å². The van der Waals surface area contributed by atoms with Crippen LogP contribution in [0.25, 0.3) is 99.9 Å². The van der Waals surface area contributed by atoms with Gasteiger partial charge < -0.3 is 4.57 Å². The van der Waals surface area contributed by atoms with Crippen LogP contribution in [0.1, 0.15) is 12.8 Å². The zero-order valence-corrected chi connectivity index (χ0v) is 30.5. The van der Waals surface area contributed by atoms with Crippen molar-refractivity contribution >= 4 is 49.4 Å². The van der Waals surface area contributed by atoms with Crippen molar-refractivity contribution in [3.8, 4) is 50.5 Å². The summed E-state index contributed by atoms with van der Waals surface area (Å²) >= 11 is 0. The molecule has 5 aromatic heterocycles. The fourth-order valence-electron chi connectivity index (χ4n) is 8.44. The SMILES string of the molecule is C1=CC(n2c3ccccc3c3cc(-c4cnc5c(c4)c4ccccc4n5-c4cccc(-c5cc(-c6ccccn6)cc(-c6ccccn6)c5)c4)ccc32)=CCC1. The maximum absolute atomic E-state index is 5.23. The van der Waals surface area contributed by atoms with Gasteiger partial charge in [-0.2, -0.15) is 0 Å². The van der Waals surface area contributed by atoms with Crippen LogP contribution in [0, 0.1) is 0 Å². The highest BCUT2D eigenvalue weighted by molar-refractivity contribution is 6.12. The second-order valence-corrected chi connectivity index (χ2v) is 14.4.